The van der Waals surface area contributed by atoms with Crippen molar-refractivity contribution >= 4 is 33.2 Å². The molecule has 0 spiro atoms. The minimum absolute atomic E-state index is 0. The molecule has 0 aliphatic heterocycles. The van der Waals surface area contributed by atoms with Gasteiger partial charge in [-0.2, -0.15) is 0 Å². The number of aromatic nitrogens is 5. The van der Waals surface area contributed by atoms with Crippen molar-refractivity contribution in [1.82, 2.24) is 24.5 Å². The Bertz CT molecular complexity index is 2530. The third kappa shape index (κ3) is 6.49. The van der Waals surface area contributed by atoms with Gasteiger partial charge in [-0.15, -0.1) is 42.0 Å². The van der Waals surface area contributed by atoms with Crippen molar-refractivity contribution in [2.24, 2.45) is 0 Å². The number of imidazole rings is 1. The van der Waals surface area contributed by atoms with Crippen LogP contribution in [0.5, 0.6) is 0 Å². The number of hydrogen-bond donors (Lipinski definition) is 0. The monoisotopic (exact) mass is 841 g/mol. The van der Waals surface area contributed by atoms with Crippen molar-refractivity contribution in [3.05, 3.63) is 138 Å². The normalized spacial score (nSPS) is 12.4. The van der Waals surface area contributed by atoms with Crippen molar-refractivity contribution in [3.8, 4) is 28.3 Å². The zero-order valence-corrected chi connectivity index (χ0v) is 30.6. The maximum absolute atomic E-state index is 13.8. The molecule has 0 N–H and O–H groups in total. The first-order valence-electron chi connectivity index (χ1n) is 17.7. The Morgan fingerprint density at radius 2 is 1.58 bits per heavy atom. The van der Waals surface area contributed by atoms with Crippen LogP contribution in [0.15, 0.2) is 102 Å². The Morgan fingerprint density at radius 3 is 2.28 bits per heavy atom. The van der Waals surface area contributed by atoms with Crippen LogP contribution in [0.25, 0.3) is 61.6 Å². The van der Waals surface area contributed by atoms with Crippen LogP contribution in [-0.2, 0) is 20.1 Å². The van der Waals surface area contributed by atoms with Crippen LogP contribution in [0.1, 0.15) is 65.9 Å². The number of hydrogen-bond acceptors (Lipinski definition) is 5. The summed E-state index contributed by atoms with van der Waals surface area (Å²) in [7, 11) is 0. The largest absolute Gasteiger partial charge is 0.501 e. The van der Waals surface area contributed by atoms with Gasteiger partial charge in [0.15, 0.2) is 11.3 Å². The third-order valence-electron chi connectivity index (χ3n) is 8.48. The molecule has 0 saturated carbocycles. The fraction of sp³-hybridized carbons (Fsp3) is 0.190. The molecule has 0 atom stereocenters. The summed E-state index contributed by atoms with van der Waals surface area (Å²) in [6, 6.07) is 30.5. The molecular weight excluding hydrogens is 802 g/mol. The maximum atomic E-state index is 13.8. The fourth-order valence-corrected chi connectivity index (χ4v) is 6.10. The Kier molecular flexibility index (Phi) is 8.95. The summed E-state index contributed by atoms with van der Waals surface area (Å²) >= 11 is 0. The topological polar surface area (TPSA) is 69.6 Å². The molecular formula is C42H36FIrN5O-2. The molecule has 0 unspecified atom stereocenters. The molecule has 0 saturated heterocycles. The smallest absolute Gasteiger partial charge is 0.188 e. The van der Waals surface area contributed by atoms with Crippen molar-refractivity contribution in [1.29, 1.82) is 0 Å². The first-order valence-corrected chi connectivity index (χ1v) is 16.2. The first-order chi connectivity index (χ1) is 24.9. The van der Waals surface area contributed by atoms with E-state index in [0.717, 1.165) is 56.3 Å². The van der Waals surface area contributed by atoms with E-state index < -0.39 is 12.7 Å². The zero-order chi connectivity index (χ0) is 36.7. The second-order valence-electron chi connectivity index (χ2n) is 12.6. The predicted octanol–water partition coefficient (Wildman–Crippen LogP) is 10.7. The van der Waals surface area contributed by atoms with Gasteiger partial charge in [-0.05, 0) is 47.2 Å². The minimum atomic E-state index is -2.32. The van der Waals surface area contributed by atoms with Gasteiger partial charge >= 0.3 is 0 Å². The summed E-state index contributed by atoms with van der Waals surface area (Å²) in [5.74, 6) is 0.754. The molecule has 6 nitrogen and oxygen atoms in total. The third-order valence-corrected chi connectivity index (χ3v) is 8.48. The number of benzene rings is 4. The number of nitrogens with zero attached hydrogens (tertiary/aromatic N) is 5. The van der Waals surface area contributed by atoms with Gasteiger partial charge in [0, 0.05) is 59.7 Å². The quantitative estimate of drug-likeness (QED) is 0.162. The Balaban J connectivity index is 0.000000215. The minimum Gasteiger partial charge on any atom is -0.501 e. The first kappa shape index (κ1) is 31.0. The van der Waals surface area contributed by atoms with Gasteiger partial charge in [0.25, 0.3) is 0 Å². The van der Waals surface area contributed by atoms with E-state index in [4.69, 9.17) is 18.5 Å². The molecule has 1 radical (unpaired) electrons. The SMILES string of the molecule is CC(C)c1cccc(C(C)C)c1-n1c(-c2[c-]ccc3c2oc2ccccc23)nc2nccnc21.[2H]C([2H])([2H])c1c[c-]c(-c2ccc(C)cn2)c(F)c1.[Ir]. The number of furan rings is 1. The summed E-state index contributed by atoms with van der Waals surface area (Å²) in [4.78, 5) is 18.3. The number of halogens is 1. The van der Waals surface area contributed by atoms with E-state index in [1.807, 2.05) is 37.3 Å². The van der Waals surface area contributed by atoms with E-state index in [1.165, 1.54) is 17.2 Å². The van der Waals surface area contributed by atoms with Gasteiger partial charge in [0.1, 0.15) is 5.58 Å². The van der Waals surface area contributed by atoms with E-state index in [2.05, 4.69) is 84.7 Å². The maximum Gasteiger partial charge on any atom is 0.188 e. The number of rotatable bonds is 5. The average Bonchev–Trinajstić information content (AvgIpc) is 3.70. The van der Waals surface area contributed by atoms with E-state index in [0.29, 0.717) is 23.2 Å². The van der Waals surface area contributed by atoms with Crippen LogP contribution >= 0.6 is 0 Å². The predicted molar refractivity (Wildman–Crippen MR) is 194 cm³/mol. The van der Waals surface area contributed by atoms with Gasteiger partial charge in [-0.3, -0.25) is 9.37 Å². The van der Waals surface area contributed by atoms with Gasteiger partial charge in [0.05, 0.1) is 11.4 Å². The molecule has 0 bridgehead atoms. The summed E-state index contributed by atoms with van der Waals surface area (Å²) in [6.45, 7) is 8.45. The molecule has 0 fully saturated rings. The second kappa shape index (κ2) is 14.4. The van der Waals surface area contributed by atoms with Crippen molar-refractivity contribution in [2.75, 3.05) is 0 Å². The molecule has 8 heteroatoms. The zero-order valence-electron chi connectivity index (χ0n) is 31.2. The molecule has 0 aliphatic rings. The summed E-state index contributed by atoms with van der Waals surface area (Å²) in [5, 5.41) is 2.13. The van der Waals surface area contributed by atoms with Gasteiger partial charge in [-0.1, -0.05) is 99.6 Å². The van der Waals surface area contributed by atoms with E-state index >= 15 is 0 Å². The van der Waals surface area contributed by atoms with Crippen LogP contribution < -0.4 is 0 Å². The van der Waals surface area contributed by atoms with E-state index in [9.17, 15) is 4.39 Å². The van der Waals surface area contributed by atoms with Crippen LogP contribution in [-0.4, -0.2) is 24.5 Å². The van der Waals surface area contributed by atoms with Crippen molar-refractivity contribution in [2.45, 2.75) is 53.3 Å². The molecule has 4 aromatic carbocycles. The summed E-state index contributed by atoms with van der Waals surface area (Å²) in [6.07, 6.45) is 5.04. The standard InChI is InChI=1S/C29H25N4O.C13H11FN.Ir/c1-17(2)19-10-7-11-20(18(3)4)25(19)33-28(32-27-29(33)31-16-15-30-27)23-13-8-12-22-21-9-5-6-14-24(21)34-26(22)23;1-9-3-5-11(12(14)7-9)13-6-4-10(2)8-15-13;/h5-12,14-18H,1-4H3;3-4,6-8H,1-2H3;/q2*-1;/i;1D3;. The van der Waals surface area contributed by atoms with Crippen molar-refractivity contribution < 1.29 is 33.0 Å². The van der Waals surface area contributed by atoms with Crippen LogP contribution in [0, 0.1) is 31.7 Å². The molecule has 4 aromatic heterocycles. The molecule has 0 amide bonds. The van der Waals surface area contributed by atoms with Gasteiger partial charge < -0.3 is 14.0 Å². The number of pyridine rings is 1. The van der Waals surface area contributed by atoms with Gasteiger partial charge in [0.2, 0.25) is 0 Å². The van der Waals surface area contributed by atoms with Crippen molar-refractivity contribution in [3.63, 3.8) is 0 Å². The molecule has 8 aromatic rings. The fourth-order valence-electron chi connectivity index (χ4n) is 6.10. The molecule has 8 rings (SSSR count). The Hall–Kier alpha value is -5.04. The second-order valence-corrected chi connectivity index (χ2v) is 12.6. The Labute approximate surface area is 309 Å². The number of para-hydroxylation sites is 2. The van der Waals surface area contributed by atoms with Crippen LogP contribution in [0.4, 0.5) is 4.39 Å². The summed E-state index contributed by atoms with van der Waals surface area (Å²) < 4.78 is 44.0. The molecule has 253 valence electrons. The molecule has 4 heterocycles. The van der Waals surface area contributed by atoms with E-state index in [-0.39, 0.29) is 31.2 Å². The van der Waals surface area contributed by atoms with Crippen LogP contribution in [0.2, 0.25) is 0 Å². The van der Waals surface area contributed by atoms with E-state index in [1.54, 1.807) is 24.7 Å². The molecule has 50 heavy (non-hydrogen) atoms. The van der Waals surface area contributed by atoms with Crippen LogP contribution in [0.3, 0.4) is 0 Å². The summed E-state index contributed by atoms with van der Waals surface area (Å²) in [5.41, 5.74) is 8.90. The van der Waals surface area contributed by atoms with Gasteiger partial charge in [-0.25, -0.2) is 9.97 Å². The number of fused-ring (bicyclic) bond motifs is 4. The average molecular weight is 841 g/mol. The number of aryl methyl sites for hydroxylation is 2. The molecule has 0 aliphatic carbocycles. The Morgan fingerprint density at radius 1 is 0.820 bits per heavy atom.